The molecule has 0 aliphatic carbocycles. The monoisotopic (exact) mass is 321 g/mol. The summed E-state index contributed by atoms with van der Waals surface area (Å²) >= 11 is 0. The molecule has 1 N–H and O–H groups in total. The van der Waals surface area contributed by atoms with Gasteiger partial charge in [-0.1, -0.05) is 48.0 Å². The number of allylic oxidation sites excluding steroid dienone is 1. The van der Waals surface area contributed by atoms with Gasteiger partial charge < -0.3 is 5.21 Å². The molecule has 1 aromatic heterocycles. The molecular weight excluding hydrogens is 304 g/mol. The molecule has 5 heteroatoms. The third kappa shape index (κ3) is 2.72. The van der Waals surface area contributed by atoms with Crippen LogP contribution in [0.5, 0.6) is 0 Å². The Bertz CT molecular complexity index is 1020. The second-order valence-electron chi connectivity index (χ2n) is 5.64. The van der Waals surface area contributed by atoms with Crippen LogP contribution in [0.2, 0.25) is 0 Å². The number of ketones is 1. The van der Waals surface area contributed by atoms with Gasteiger partial charge >= 0.3 is 5.69 Å². The van der Waals surface area contributed by atoms with Gasteiger partial charge in [-0.3, -0.25) is 4.79 Å². The zero-order valence-electron chi connectivity index (χ0n) is 13.4. The molecule has 3 aromatic rings. The highest BCUT2D eigenvalue weighted by Gasteiger charge is 2.26. The Morgan fingerprint density at radius 3 is 2.46 bits per heavy atom. The molecular formula is C19H17N2O3+. The summed E-state index contributed by atoms with van der Waals surface area (Å²) in [6.07, 6.45) is 2.99. The van der Waals surface area contributed by atoms with E-state index in [0.717, 1.165) is 15.9 Å². The summed E-state index contributed by atoms with van der Waals surface area (Å²) in [7, 11) is 0. The molecule has 24 heavy (non-hydrogen) atoms. The number of hydrogen-bond donors (Lipinski definition) is 1. The summed E-state index contributed by atoms with van der Waals surface area (Å²) in [5, 5.41) is 10.2. The normalized spacial score (nSPS) is 11.2. The van der Waals surface area contributed by atoms with Gasteiger partial charge in [-0.05, 0) is 31.6 Å². The minimum atomic E-state index is -0.461. The first kappa shape index (κ1) is 15.7. The topological polar surface area (TPSA) is 65.2 Å². The molecule has 0 unspecified atom stereocenters. The lowest BCUT2D eigenvalue weighted by atomic mass is 10.1. The van der Waals surface area contributed by atoms with Crippen molar-refractivity contribution in [2.75, 3.05) is 0 Å². The summed E-state index contributed by atoms with van der Waals surface area (Å²) in [6.45, 7) is 3.52. The average molecular weight is 321 g/mol. The lowest BCUT2D eigenvalue weighted by Crippen LogP contribution is -2.30. The number of aryl methyl sites for hydroxylation is 1. The molecule has 0 saturated carbocycles. The molecule has 0 saturated heterocycles. The van der Waals surface area contributed by atoms with Gasteiger partial charge in [0.1, 0.15) is 5.69 Å². The minimum absolute atomic E-state index is 0.0976. The quantitative estimate of drug-likeness (QED) is 0.348. The van der Waals surface area contributed by atoms with Crippen LogP contribution in [0, 0.1) is 18.8 Å². The Hall–Kier alpha value is -3.21. The van der Waals surface area contributed by atoms with E-state index in [2.05, 4.69) is 0 Å². The fraction of sp³-hybridized carbons (Fsp3) is 0.105. The highest BCUT2D eigenvalue weighted by Crippen LogP contribution is 2.14. The maximum atomic E-state index is 12.5. The smallest absolute Gasteiger partial charge is 0.332 e. The SMILES string of the molecule is Cc1ccc(/C=C/C(=O)c2c(C)n(O)c3ccccc3[n+]2=O)cc1. The first-order chi connectivity index (χ1) is 11.5. The van der Waals surface area contributed by atoms with Gasteiger partial charge in [0.25, 0.3) is 11.3 Å². The molecule has 0 aliphatic heterocycles. The maximum Gasteiger partial charge on any atom is 0.332 e. The van der Waals surface area contributed by atoms with Crippen LogP contribution in [0.1, 0.15) is 27.3 Å². The van der Waals surface area contributed by atoms with Crippen molar-refractivity contribution in [3.8, 4) is 0 Å². The lowest BCUT2D eigenvalue weighted by Gasteiger charge is -2.04. The highest BCUT2D eigenvalue weighted by molar-refractivity contribution is 6.05. The highest BCUT2D eigenvalue weighted by atomic mass is 16.5. The first-order valence-electron chi connectivity index (χ1n) is 7.54. The van der Waals surface area contributed by atoms with Gasteiger partial charge in [0.05, 0.1) is 4.43 Å². The number of carbonyl (C=O) groups excluding carboxylic acids is 1. The molecule has 3 rings (SSSR count). The molecule has 0 radical (unpaired) electrons. The molecule has 5 nitrogen and oxygen atoms in total. The Balaban J connectivity index is 2.07. The number of para-hydroxylation sites is 2. The van der Waals surface area contributed by atoms with Crippen LogP contribution in [-0.2, 0) is 0 Å². The molecule has 0 spiro atoms. The number of hydrogen-bond acceptors (Lipinski definition) is 3. The van der Waals surface area contributed by atoms with Gasteiger partial charge in [-0.15, -0.1) is 0 Å². The number of carbonyl (C=O) groups is 1. The maximum absolute atomic E-state index is 12.5. The largest absolute Gasteiger partial charge is 0.428 e. The second kappa shape index (κ2) is 6.12. The summed E-state index contributed by atoms with van der Waals surface area (Å²) in [5.41, 5.74) is 2.67. The van der Waals surface area contributed by atoms with Crippen LogP contribution in [0.4, 0.5) is 0 Å². The predicted molar refractivity (Wildman–Crippen MR) is 91.8 cm³/mol. The van der Waals surface area contributed by atoms with Crippen molar-refractivity contribution in [2.45, 2.75) is 13.8 Å². The van der Waals surface area contributed by atoms with E-state index in [0.29, 0.717) is 9.94 Å². The summed E-state index contributed by atoms with van der Waals surface area (Å²) < 4.78 is 1.44. The Kier molecular flexibility index (Phi) is 4.00. The molecule has 0 aliphatic rings. The summed E-state index contributed by atoms with van der Waals surface area (Å²) in [5.74, 6) is -0.461. The fourth-order valence-electron chi connectivity index (χ4n) is 2.57. The van der Waals surface area contributed by atoms with Gasteiger partial charge in [0.15, 0.2) is 5.52 Å². The number of nitrogens with zero attached hydrogens (tertiary/aromatic N) is 2. The van der Waals surface area contributed by atoms with Crippen LogP contribution in [-0.4, -0.2) is 15.7 Å². The third-order valence-corrected chi connectivity index (χ3v) is 3.93. The predicted octanol–water partition coefficient (Wildman–Crippen LogP) is 3.31. The van der Waals surface area contributed by atoms with Crippen LogP contribution in [0.15, 0.2) is 54.6 Å². The zero-order chi connectivity index (χ0) is 17.3. The van der Waals surface area contributed by atoms with Crippen LogP contribution in [0.3, 0.4) is 0 Å². The van der Waals surface area contributed by atoms with E-state index in [1.54, 1.807) is 30.3 Å². The third-order valence-electron chi connectivity index (χ3n) is 3.93. The Morgan fingerprint density at radius 2 is 1.75 bits per heavy atom. The van der Waals surface area contributed by atoms with E-state index in [1.807, 2.05) is 31.2 Å². The standard InChI is InChI=1S/C19H17N2O3/c1-13-7-9-15(10-8-13)11-12-18(22)19-14(2)20(23)16-5-3-4-6-17(16)21(19)24/h3-12,23H,1-2H3/q+1/b12-11+. The van der Waals surface area contributed by atoms with Crippen molar-refractivity contribution >= 4 is 22.9 Å². The number of fused-ring (bicyclic) bond motifs is 1. The van der Waals surface area contributed by atoms with Crippen LogP contribution >= 0.6 is 0 Å². The Morgan fingerprint density at radius 1 is 1.08 bits per heavy atom. The van der Waals surface area contributed by atoms with Crippen LogP contribution in [0.25, 0.3) is 17.1 Å². The van der Waals surface area contributed by atoms with Crippen molar-refractivity contribution in [3.63, 3.8) is 0 Å². The number of rotatable bonds is 3. The van der Waals surface area contributed by atoms with Gasteiger partial charge in [0.2, 0.25) is 0 Å². The van der Waals surface area contributed by atoms with Gasteiger partial charge in [0, 0.05) is 11.0 Å². The van der Waals surface area contributed by atoms with E-state index in [9.17, 15) is 14.9 Å². The van der Waals surface area contributed by atoms with E-state index in [-0.39, 0.29) is 16.9 Å². The molecule has 1 heterocycles. The Labute approximate surface area is 138 Å². The van der Waals surface area contributed by atoms with Gasteiger partial charge in [-0.2, -0.15) is 4.73 Å². The van der Waals surface area contributed by atoms with Gasteiger partial charge in [-0.25, -0.2) is 0 Å². The van der Waals surface area contributed by atoms with E-state index in [1.165, 1.54) is 13.0 Å². The van der Waals surface area contributed by atoms with E-state index in [4.69, 9.17) is 0 Å². The molecule has 0 bridgehead atoms. The molecule has 120 valence electrons. The van der Waals surface area contributed by atoms with Crippen LogP contribution < -0.4 is 4.43 Å². The minimum Gasteiger partial charge on any atom is -0.428 e. The lowest BCUT2D eigenvalue weighted by molar-refractivity contribution is -0.468. The number of aromatic nitrogens is 2. The zero-order valence-corrected chi connectivity index (χ0v) is 13.4. The van der Waals surface area contributed by atoms with Crippen molar-refractivity contribution in [1.82, 2.24) is 4.73 Å². The number of benzene rings is 2. The fourth-order valence-corrected chi connectivity index (χ4v) is 2.57. The van der Waals surface area contributed by atoms with Crippen molar-refractivity contribution in [3.05, 3.63) is 82.0 Å². The second-order valence-corrected chi connectivity index (χ2v) is 5.64. The van der Waals surface area contributed by atoms with E-state index < -0.39 is 5.78 Å². The van der Waals surface area contributed by atoms with Crippen molar-refractivity contribution < 1.29 is 14.4 Å². The average Bonchev–Trinajstić information content (AvgIpc) is 2.59. The first-order valence-corrected chi connectivity index (χ1v) is 7.54. The molecule has 0 amide bonds. The summed E-state index contributed by atoms with van der Waals surface area (Å²) in [4.78, 5) is 25.0. The molecule has 0 fully saturated rings. The molecule has 0 atom stereocenters. The van der Waals surface area contributed by atoms with Crippen molar-refractivity contribution in [2.24, 2.45) is 0 Å². The van der Waals surface area contributed by atoms with Crippen molar-refractivity contribution in [1.29, 1.82) is 0 Å². The molecule has 2 aromatic carbocycles. The van der Waals surface area contributed by atoms with E-state index >= 15 is 0 Å². The summed E-state index contributed by atoms with van der Waals surface area (Å²) in [6, 6.07) is 14.3.